The molecule has 0 unspecified atom stereocenters. The summed E-state index contributed by atoms with van der Waals surface area (Å²) in [4.78, 5) is 7.37. The third-order valence-corrected chi connectivity index (χ3v) is 2.43. The van der Waals surface area contributed by atoms with Gasteiger partial charge >= 0.3 is 6.18 Å². The molecule has 0 bridgehead atoms. The molecule has 0 aliphatic carbocycles. The van der Waals surface area contributed by atoms with Crippen molar-refractivity contribution in [2.75, 3.05) is 11.5 Å². The summed E-state index contributed by atoms with van der Waals surface area (Å²) >= 11 is 0. The van der Waals surface area contributed by atoms with Crippen LogP contribution >= 0.6 is 0 Å². The maximum atomic E-state index is 13.0. The van der Waals surface area contributed by atoms with Crippen LogP contribution in [-0.4, -0.2) is 9.97 Å². The van der Waals surface area contributed by atoms with Crippen molar-refractivity contribution >= 4 is 11.4 Å². The maximum Gasteiger partial charge on any atom is 0.419 e. The quantitative estimate of drug-likeness (QED) is 0.765. The lowest BCUT2D eigenvalue weighted by atomic mass is 9.99. The van der Waals surface area contributed by atoms with Gasteiger partial charge in [0.25, 0.3) is 0 Å². The second-order valence-electron chi connectivity index (χ2n) is 3.62. The van der Waals surface area contributed by atoms with Crippen LogP contribution in [0.2, 0.25) is 0 Å². The highest BCUT2D eigenvalue weighted by atomic mass is 19.4. The van der Waals surface area contributed by atoms with Gasteiger partial charge in [-0.1, -0.05) is 6.07 Å². The third kappa shape index (κ3) is 2.06. The monoisotopic (exact) mass is 254 g/mol. The van der Waals surface area contributed by atoms with E-state index in [1.165, 1.54) is 30.9 Å². The molecule has 2 rings (SSSR count). The van der Waals surface area contributed by atoms with Crippen molar-refractivity contribution in [3.63, 3.8) is 0 Å². The summed E-state index contributed by atoms with van der Waals surface area (Å²) < 4.78 is 39.0. The van der Waals surface area contributed by atoms with Gasteiger partial charge in [0.2, 0.25) is 0 Å². The summed E-state index contributed by atoms with van der Waals surface area (Å²) in [6, 6.07) is 2.58. The molecule has 0 aliphatic heterocycles. The van der Waals surface area contributed by atoms with Crippen molar-refractivity contribution < 1.29 is 13.2 Å². The number of benzene rings is 1. The summed E-state index contributed by atoms with van der Waals surface area (Å²) in [6.45, 7) is 0. The molecule has 0 aliphatic rings. The number of halogens is 3. The Morgan fingerprint density at radius 3 is 2.17 bits per heavy atom. The normalized spacial score (nSPS) is 11.5. The topological polar surface area (TPSA) is 77.8 Å². The van der Waals surface area contributed by atoms with E-state index in [2.05, 4.69) is 9.97 Å². The van der Waals surface area contributed by atoms with Gasteiger partial charge in [-0.15, -0.1) is 0 Å². The average Bonchev–Trinajstić information content (AvgIpc) is 2.32. The Kier molecular flexibility index (Phi) is 2.82. The van der Waals surface area contributed by atoms with Crippen LogP contribution in [0.4, 0.5) is 24.5 Å². The van der Waals surface area contributed by atoms with Crippen LogP contribution in [0.1, 0.15) is 5.56 Å². The van der Waals surface area contributed by atoms with Crippen molar-refractivity contribution in [3.05, 3.63) is 36.4 Å². The molecular weight excluding hydrogens is 245 g/mol. The molecule has 0 saturated heterocycles. The lowest BCUT2D eigenvalue weighted by molar-refractivity contribution is -0.136. The molecule has 0 saturated carbocycles. The van der Waals surface area contributed by atoms with Crippen molar-refractivity contribution in [1.29, 1.82) is 0 Å². The van der Waals surface area contributed by atoms with E-state index in [0.29, 0.717) is 0 Å². The number of aromatic nitrogens is 2. The number of alkyl halides is 3. The van der Waals surface area contributed by atoms with Crippen LogP contribution < -0.4 is 11.5 Å². The number of anilines is 2. The zero-order valence-corrected chi connectivity index (χ0v) is 9.07. The standard InChI is InChI=1S/C11H9F3N4/c12-11(13,14)9-7(1-2-8(15)10(9)16)6-3-17-5-18-4-6/h1-5H,15-16H2. The molecular formula is C11H9F3N4. The smallest absolute Gasteiger partial charge is 0.397 e. The first-order valence-electron chi connectivity index (χ1n) is 4.92. The van der Waals surface area contributed by atoms with Crippen molar-refractivity contribution in [1.82, 2.24) is 9.97 Å². The van der Waals surface area contributed by atoms with Crippen LogP contribution in [0.15, 0.2) is 30.9 Å². The molecule has 94 valence electrons. The van der Waals surface area contributed by atoms with Gasteiger partial charge in [-0.25, -0.2) is 9.97 Å². The fourth-order valence-corrected chi connectivity index (χ4v) is 1.62. The molecule has 0 radical (unpaired) electrons. The van der Waals surface area contributed by atoms with E-state index < -0.39 is 17.4 Å². The van der Waals surface area contributed by atoms with Gasteiger partial charge in [0, 0.05) is 18.0 Å². The fraction of sp³-hybridized carbons (Fsp3) is 0.0909. The Bertz CT molecular complexity index is 566. The summed E-state index contributed by atoms with van der Waals surface area (Å²) in [6.07, 6.45) is -0.789. The molecule has 18 heavy (non-hydrogen) atoms. The molecule has 1 aromatic carbocycles. The highest BCUT2D eigenvalue weighted by molar-refractivity contribution is 5.80. The van der Waals surface area contributed by atoms with Gasteiger partial charge in [0.1, 0.15) is 6.33 Å². The average molecular weight is 254 g/mol. The Balaban J connectivity index is 2.73. The van der Waals surface area contributed by atoms with Crippen molar-refractivity contribution in [2.24, 2.45) is 0 Å². The lowest BCUT2D eigenvalue weighted by Gasteiger charge is -2.16. The lowest BCUT2D eigenvalue weighted by Crippen LogP contribution is -2.12. The van der Waals surface area contributed by atoms with E-state index in [1.807, 2.05) is 0 Å². The van der Waals surface area contributed by atoms with Gasteiger partial charge in [0.05, 0.1) is 16.9 Å². The largest absolute Gasteiger partial charge is 0.419 e. The van der Waals surface area contributed by atoms with E-state index in [-0.39, 0.29) is 16.8 Å². The van der Waals surface area contributed by atoms with Crippen molar-refractivity contribution in [3.8, 4) is 11.1 Å². The number of nitrogen functional groups attached to an aromatic ring is 2. The first-order valence-corrected chi connectivity index (χ1v) is 4.92. The molecule has 1 aromatic heterocycles. The molecule has 0 fully saturated rings. The van der Waals surface area contributed by atoms with Gasteiger partial charge < -0.3 is 11.5 Å². The second kappa shape index (κ2) is 4.17. The minimum absolute atomic E-state index is 0.0881. The van der Waals surface area contributed by atoms with E-state index in [1.54, 1.807) is 0 Å². The highest BCUT2D eigenvalue weighted by Crippen LogP contribution is 2.42. The third-order valence-electron chi connectivity index (χ3n) is 2.43. The number of nitrogens with zero attached hydrogens (tertiary/aromatic N) is 2. The first-order chi connectivity index (χ1) is 8.41. The second-order valence-corrected chi connectivity index (χ2v) is 3.62. The SMILES string of the molecule is Nc1ccc(-c2cncnc2)c(C(F)(F)F)c1N. The number of nitrogens with two attached hydrogens (primary N) is 2. The molecule has 0 amide bonds. The summed E-state index contributed by atoms with van der Waals surface area (Å²) in [7, 11) is 0. The zero-order valence-electron chi connectivity index (χ0n) is 9.07. The van der Waals surface area contributed by atoms with Crippen LogP contribution in [-0.2, 0) is 6.18 Å². The molecule has 4 nitrogen and oxygen atoms in total. The van der Waals surface area contributed by atoms with Gasteiger partial charge in [-0.05, 0) is 11.6 Å². The van der Waals surface area contributed by atoms with E-state index in [4.69, 9.17) is 11.5 Å². The predicted molar refractivity (Wildman–Crippen MR) is 61.3 cm³/mol. The highest BCUT2D eigenvalue weighted by Gasteiger charge is 2.36. The van der Waals surface area contributed by atoms with Crippen LogP contribution in [0, 0.1) is 0 Å². The Labute approximate surface area is 100 Å². The van der Waals surface area contributed by atoms with E-state index in [0.717, 1.165) is 0 Å². The fourth-order valence-electron chi connectivity index (χ4n) is 1.62. The number of rotatable bonds is 1. The molecule has 0 atom stereocenters. The van der Waals surface area contributed by atoms with Crippen LogP contribution in [0.5, 0.6) is 0 Å². The Hall–Kier alpha value is -2.31. The summed E-state index contributed by atoms with van der Waals surface area (Å²) in [5.74, 6) is 0. The molecule has 7 heteroatoms. The van der Waals surface area contributed by atoms with Crippen LogP contribution in [0.3, 0.4) is 0 Å². The van der Waals surface area contributed by atoms with E-state index >= 15 is 0 Å². The maximum absolute atomic E-state index is 13.0. The minimum Gasteiger partial charge on any atom is -0.397 e. The van der Waals surface area contributed by atoms with Crippen LogP contribution in [0.25, 0.3) is 11.1 Å². The minimum atomic E-state index is -4.59. The zero-order chi connectivity index (χ0) is 13.3. The first kappa shape index (κ1) is 12.2. The molecule has 2 aromatic rings. The molecule has 1 heterocycles. The summed E-state index contributed by atoms with van der Waals surface area (Å²) in [5, 5.41) is 0. The van der Waals surface area contributed by atoms with Crippen molar-refractivity contribution in [2.45, 2.75) is 6.18 Å². The predicted octanol–water partition coefficient (Wildman–Crippen LogP) is 2.33. The number of hydrogen-bond donors (Lipinski definition) is 2. The molecule has 0 spiro atoms. The van der Waals surface area contributed by atoms with Gasteiger partial charge in [0.15, 0.2) is 0 Å². The number of hydrogen-bond acceptors (Lipinski definition) is 4. The van der Waals surface area contributed by atoms with Gasteiger partial charge in [-0.2, -0.15) is 13.2 Å². The van der Waals surface area contributed by atoms with Gasteiger partial charge in [-0.3, -0.25) is 0 Å². The molecule has 4 N–H and O–H groups in total. The van der Waals surface area contributed by atoms with E-state index in [9.17, 15) is 13.2 Å². The Morgan fingerprint density at radius 1 is 1.00 bits per heavy atom. The summed E-state index contributed by atoms with van der Waals surface area (Å²) in [5.41, 5.74) is 9.42. The Morgan fingerprint density at radius 2 is 1.61 bits per heavy atom.